The molecular weight excluding hydrogens is 324 g/mol. The van der Waals surface area contributed by atoms with Crippen LogP contribution in [0.2, 0.25) is 0 Å². The molecular formula is C14H18N2O4S2. The Morgan fingerprint density at radius 1 is 1.36 bits per heavy atom. The second kappa shape index (κ2) is 7.06. The number of thiocarbonyl (C=S) groups is 1. The number of carbonyl (C=O) groups is 1. The third-order valence-electron chi connectivity index (χ3n) is 3.22. The van der Waals surface area contributed by atoms with Crippen molar-refractivity contribution in [1.29, 1.82) is 0 Å². The number of ether oxygens (including phenoxy) is 1. The Morgan fingerprint density at radius 3 is 2.59 bits per heavy atom. The monoisotopic (exact) mass is 342 g/mol. The van der Waals surface area contributed by atoms with Crippen LogP contribution in [0, 0.1) is 0 Å². The number of nitrogens with one attached hydrogen (secondary N) is 2. The minimum Gasteiger partial charge on any atom is -0.462 e. The lowest BCUT2D eigenvalue weighted by atomic mass is 10.2. The molecule has 1 heterocycles. The Labute approximate surface area is 135 Å². The number of hydrogen-bond donors (Lipinski definition) is 2. The normalized spacial score (nSPS) is 19.4. The van der Waals surface area contributed by atoms with Crippen molar-refractivity contribution >= 4 is 38.8 Å². The lowest BCUT2D eigenvalue weighted by Crippen LogP contribution is -2.38. The minimum absolute atomic E-state index is 0.108. The summed E-state index contributed by atoms with van der Waals surface area (Å²) in [6.07, 6.45) is 0.561. The first-order valence-electron chi connectivity index (χ1n) is 6.95. The Hall–Kier alpha value is -1.67. The summed E-state index contributed by atoms with van der Waals surface area (Å²) in [4.78, 5) is 11.5. The summed E-state index contributed by atoms with van der Waals surface area (Å²) in [5, 5.41) is 6.32. The van der Waals surface area contributed by atoms with Crippen LogP contribution in [0.5, 0.6) is 0 Å². The first-order chi connectivity index (χ1) is 10.4. The fraction of sp³-hybridized carbons (Fsp3) is 0.429. The molecule has 1 aromatic rings. The van der Waals surface area contributed by atoms with Gasteiger partial charge in [0.1, 0.15) is 0 Å². The van der Waals surface area contributed by atoms with Crippen molar-refractivity contribution in [1.82, 2.24) is 5.32 Å². The topological polar surface area (TPSA) is 84.5 Å². The molecule has 0 bridgehead atoms. The van der Waals surface area contributed by atoms with Crippen molar-refractivity contribution in [3.8, 4) is 0 Å². The molecule has 1 fully saturated rings. The van der Waals surface area contributed by atoms with Crippen molar-refractivity contribution in [2.24, 2.45) is 0 Å². The number of rotatable bonds is 4. The average Bonchev–Trinajstić information content (AvgIpc) is 2.78. The number of anilines is 1. The van der Waals surface area contributed by atoms with Gasteiger partial charge in [-0.25, -0.2) is 13.2 Å². The van der Waals surface area contributed by atoms with Gasteiger partial charge in [0.05, 0.1) is 23.7 Å². The van der Waals surface area contributed by atoms with Gasteiger partial charge < -0.3 is 15.4 Å². The number of hydrogen-bond acceptors (Lipinski definition) is 5. The van der Waals surface area contributed by atoms with Crippen LogP contribution in [0.25, 0.3) is 0 Å². The van der Waals surface area contributed by atoms with E-state index in [4.69, 9.17) is 17.0 Å². The third-order valence-corrected chi connectivity index (χ3v) is 5.21. The maximum atomic E-state index is 11.5. The molecule has 8 heteroatoms. The molecule has 2 N–H and O–H groups in total. The highest BCUT2D eigenvalue weighted by atomic mass is 32.2. The Kier molecular flexibility index (Phi) is 5.36. The van der Waals surface area contributed by atoms with Crippen molar-refractivity contribution in [3.05, 3.63) is 29.8 Å². The van der Waals surface area contributed by atoms with E-state index >= 15 is 0 Å². The molecule has 1 saturated heterocycles. The van der Waals surface area contributed by atoms with Gasteiger partial charge >= 0.3 is 5.97 Å². The molecule has 120 valence electrons. The van der Waals surface area contributed by atoms with Gasteiger partial charge in [-0.15, -0.1) is 0 Å². The second-order valence-electron chi connectivity index (χ2n) is 5.00. The maximum absolute atomic E-state index is 11.5. The van der Waals surface area contributed by atoms with Crippen LogP contribution in [0.1, 0.15) is 23.7 Å². The Morgan fingerprint density at radius 2 is 2.05 bits per heavy atom. The number of carbonyl (C=O) groups excluding carboxylic acids is 1. The highest BCUT2D eigenvalue weighted by molar-refractivity contribution is 7.91. The zero-order valence-corrected chi connectivity index (χ0v) is 13.8. The summed E-state index contributed by atoms with van der Waals surface area (Å²) in [5.74, 6) is -0.0658. The van der Waals surface area contributed by atoms with E-state index in [0.29, 0.717) is 29.4 Å². The van der Waals surface area contributed by atoms with E-state index in [1.54, 1.807) is 31.2 Å². The van der Waals surface area contributed by atoms with Crippen molar-refractivity contribution in [2.75, 3.05) is 23.4 Å². The number of esters is 1. The van der Waals surface area contributed by atoms with E-state index < -0.39 is 9.84 Å². The van der Waals surface area contributed by atoms with Crippen LogP contribution >= 0.6 is 12.2 Å². The quantitative estimate of drug-likeness (QED) is 0.631. The molecule has 0 saturated carbocycles. The molecule has 22 heavy (non-hydrogen) atoms. The van der Waals surface area contributed by atoms with Gasteiger partial charge in [0.15, 0.2) is 14.9 Å². The smallest absolute Gasteiger partial charge is 0.338 e. The highest BCUT2D eigenvalue weighted by Gasteiger charge is 2.28. The molecule has 1 aliphatic rings. The summed E-state index contributed by atoms with van der Waals surface area (Å²) >= 11 is 5.16. The SMILES string of the molecule is CCOC(=O)c1ccc(NC(=S)N[C@@H]2CCS(=O)(=O)C2)cc1. The first-order valence-corrected chi connectivity index (χ1v) is 9.17. The van der Waals surface area contributed by atoms with Gasteiger partial charge in [0.2, 0.25) is 0 Å². The van der Waals surface area contributed by atoms with Crippen LogP contribution in [0.15, 0.2) is 24.3 Å². The minimum atomic E-state index is -2.94. The summed E-state index contributed by atoms with van der Waals surface area (Å²) in [6.45, 7) is 2.08. The lowest BCUT2D eigenvalue weighted by molar-refractivity contribution is 0.0526. The Balaban J connectivity index is 1.88. The predicted octanol–water partition coefficient (Wildman–Crippen LogP) is 1.34. The molecule has 0 aliphatic carbocycles. The zero-order chi connectivity index (χ0) is 16.2. The van der Waals surface area contributed by atoms with Crippen LogP contribution in [-0.2, 0) is 14.6 Å². The van der Waals surface area contributed by atoms with Gasteiger partial charge in [-0.2, -0.15) is 0 Å². The molecule has 0 amide bonds. The number of sulfone groups is 1. The average molecular weight is 342 g/mol. The van der Waals surface area contributed by atoms with E-state index in [0.717, 1.165) is 0 Å². The van der Waals surface area contributed by atoms with Gasteiger partial charge in [0, 0.05) is 11.7 Å². The van der Waals surface area contributed by atoms with Crippen molar-refractivity contribution in [2.45, 2.75) is 19.4 Å². The van der Waals surface area contributed by atoms with Crippen molar-refractivity contribution < 1.29 is 17.9 Å². The molecule has 1 atom stereocenters. The lowest BCUT2D eigenvalue weighted by Gasteiger charge is -2.15. The Bertz CT molecular complexity index is 656. The zero-order valence-electron chi connectivity index (χ0n) is 12.2. The van der Waals surface area contributed by atoms with Gasteiger partial charge in [0.25, 0.3) is 0 Å². The molecule has 1 aliphatic heterocycles. The first kappa shape index (κ1) is 16.7. The van der Waals surface area contributed by atoms with E-state index in [1.165, 1.54) is 0 Å². The third kappa shape index (κ3) is 4.67. The maximum Gasteiger partial charge on any atom is 0.338 e. The van der Waals surface area contributed by atoms with E-state index in [2.05, 4.69) is 10.6 Å². The van der Waals surface area contributed by atoms with Crippen LogP contribution in [-0.4, -0.2) is 43.7 Å². The van der Waals surface area contributed by atoms with E-state index in [9.17, 15) is 13.2 Å². The van der Waals surface area contributed by atoms with E-state index in [1.807, 2.05) is 0 Å². The molecule has 1 aromatic carbocycles. The molecule has 0 radical (unpaired) electrons. The summed E-state index contributed by atoms with van der Waals surface area (Å²) in [5.41, 5.74) is 1.18. The predicted molar refractivity (Wildman–Crippen MR) is 88.8 cm³/mol. The number of benzene rings is 1. The summed E-state index contributed by atoms with van der Waals surface area (Å²) < 4.78 is 27.7. The molecule has 0 aromatic heterocycles. The molecule has 6 nitrogen and oxygen atoms in total. The fourth-order valence-electron chi connectivity index (χ4n) is 2.17. The second-order valence-corrected chi connectivity index (χ2v) is 7.63. The molecule has 2 rings (SSSR count). The van der Waals surface area contributed by atoms with Crippen LogP contribution in [0.3, 0.4) is 0 Å². The summed E-state index contributed by atoms with van der Waals surface area (Å²) in [6, 6.07) is 6.56. The standard InChI is InChI=1S/C14H18N2O4S2/c1-2-20-13(17)10-3-5-11(6-4-10)15-14(21)16-12-7-8-22(18,19)9-12/h3-6,12H,2,7-9H2,1H3,(H2,15,16,21)/t12-/m1/s1. The highest BCUT2D eigenvalue weighted by Crippen LogP contribution is 2.13. The molecule has 0 spiro atoms. The van der Waals surface area contributed by atoms with Crippen LogP contribution < -0.4 is 10.6 Å². The van der Waals surface area contributed by atoms with Gasteiger partial charge in [-0.1, -0.05) is 0 Å². The summed E-state index contributed by atoms with van der Waals surface area (Å²) in [7, 11) is -2.94. The van der Waals surface area contributed by atoms with E-state index in [-0.39, 0.29) is 23.5 Å². The van der Waals surface area contributed by atoms with Gasteiger partial charge in [-0.3, -0.25) is 0 Å². The molecule has 0 unspecified atom stereocenters. The van der Waals surface area contributed by atoms with Crippen LogP contribution in [0.4, 0.5) is 5.69 Å². The largest absolute Gasteiger partial charge is 0.462 e. The van der Waals surface area contributed by atoms with Crippen molar-refractivity contribution in [3.63, 3.8) is 0 Å². The van der Waals surface area contributed by atoms with Gasteiger partial charge in [-0.05, 0) is 49.8 Å². The fourth-order valence-corrected chi connectivity index (χ4v) is 4.12.